The van der Waals surface area contributed by atoms with Crippen LogP contribution >= 0.6 is 0 Å². The number of anilines is 1. The molecule has 0 spiro atoms. The Morgan fingerprint density at radius 1 is 1.15 bits per heavy atom. The zero-order valence-electron chi connectivity index (χ0n) is 13.7. The number of nitrogens with zero attached hydrogens (tertiary/aromatic N) is 1. The molecule has 1 N–H and O–H groups in total. The fourth-order valence-corrected chi connectivity index (χ4v) is 3.77. The van der Waals surface area contributed by atoms with Crippen molar-refractivity contribution < 1.29 is 27.1 Å². The van der Waals surface area contributed by atoms with Gasteiger partial charge in [-0.25, -0.2) is 8.42 Å². The van der Waals surface area contributed by atoms with Crippen LogP contribution in [0.3, 0.4) is 0 Å². The SMILES string of the molecule is O=C(Cc1ccc(S(=O)(=O)C(F)F)cc1)N1CCCc2cccc(O)c21. The molecule has 0 unspecified atom stereocenters. The lowest BCUT2D eigenvalue weighted by Gasteiger charge is -2.30. The number of amides is 1. The fraction of sp³-hybridized carbons (Fsp3) is 0.278. The summed E-state index contributed by atoms with van der Waals surface area (Å²) in [5.74, 6) is -3.70. The third-order valence-corrected chi connectivity index (χ3v) is 5.74. The van der Waals surface area contributed by atoms with Crippen LogP contribution in [0.25, 0.3) is 0 Å². The average Bonchev–Trinajstić information content (AvgIpc) is 2.62. The predicted octanol–water partition coefficient (Wildman–Crippen LogP) is 2.91. The van der Waals surface area contributed by atoms with E-state index in [1.54, 1.807) is 6.07 Å². The summed E-state index contributed by atoms with van der Waals surface area (Å²) in [5.41, 5.74) is 1.90. The number of halogens is 2. The highest BCUT2D eigenvalue weighted by molar-refractivity contribution is 7.91. The van der Waals surface area contributed by atoms with Gasteiger partial charge in [0.25, 0.3) is 0 Å². The highest BCUT2D eigenvalue weighted by Gasteiger charge is 2.27. The molecule has 0 saturated heterocycles. The normalized spacial score (nSPS) is 14.3. The molecule has 2 aromatic rings. The fourth-order valence-electron chi connectivity index (χ4n) is 3.05. The molecule has 0 atom stereocenters. The summed E-state index contributed by atoms with van der Waals surface area (Å²) >= 11 is 0. The Morgan fingerprint density at radius 3 is 2.50 bits per heavy atom. The summed E-state index contributed by atoms with van der Waals surface area (Å²) in [6, 6.07) is 9.96. The summed E-state index contributed by atoms with van der Waals surface area (Å²) in [6.07, 6.45) is 1.52. The lowest BCUT2D eigenvalue weighted by molar-refractivity contribution is -0.118. The van der Waals surface area contributed by atoms with Crippen LogP contribution in [-0.2, 0) is 27.5 Å². The van der Waals surface area contributed by atoms with Gasteiger partial charge in [0.1, 0.15) is 5.75 Å². The van der Waals surface area contributed by atoms with E-state index < -0.39 is 20.5 Å². The van der Waals surface area contributed by atoms with Crippen LogP contribution in [0.15, 0.2) is 47.4 Å². The Hall–Kier alpha value is -2.48. The summed E-state index contributed by atoms with van der Waals surface area (Å²) in [4.78, 5) is 13.7. The molecule has 0 aliphatic carbocycles. The standard InChI is InChI=1S/C18H17F2NO4S/c19-18(20)26(24,25)14-8-6-12(7-9-14)11-16(23)21-10-2-4-13-3-1-5-15(22)17(13)21/h1,3,5-9,18,22H,2,4,10-11H2. The molecule has 2 aromatic carbocycles. The first kappa shape index (κ1) is 18.3. The number of rotatable bonds is 4. The van der Waals surface area contributed by atoms with Crippen molar-refractivity contribution >= 4 is 21.4 Å². The number of hydrogen-bond donors (Lipinski definition) is 1. The first-order valence-electron chi connectivity index (χ1n) is 8.03. The molecule has 1 heterocycles. The summed E-state index contributed by atoms with van der Waals surface area (Å²) < 4.78 is 48.0. The number of carbonyl (C=O) groups is 1. The molecule has 1 aliphatic rings. The summed E-state index contributed by atoms with van der Waals surface area (Å²) in [5, 5.41) is 10.1. The van der Waals surface area contributed by atoms with Crippen LogP contribution in [0.1, 0.15) is 17.5 Å². The number of alkyl halides is 2. The molecule has 0 bridgehead atoms. The monoisotopic (exact) mass is 381 g/mol. The first-order chi connectivity index (χ1) is 12.3. The molecule has 0 fully saturated rings. The average molecular weight is 381 g/mol. The molecular weight excluding hydrogens is 364 g/mol. The number of phenolic OH excluding ortho intramolecular Hbond substituents is 1. The van der Waals surface area contributed by atoms with Gasteiger partial charge in [-0.15, -0.1) is 0 Å². The van der Waals surface area contributed by atoms with Gasteiger partial charge in [-0.1, -0.05) is 24.3 Å². The molecule has 0 aromatic heterocycles. The van der Waals surface area contributed by atoms with E-state index in [2.05, 4.69) is 0 Å². The molecule has 138 valence electrons. The number of fused-ring (bicyclic) bond motifs is 1. The predicted molar refractivity (Wildman–Crippen MR) is 92.1 cm³/mol. The number of para-hydroxylation sites is 1. The van der Waals surface area contributed by atoms with Crippen molar-refractivity contribution in [3.63, 3.8) is 0 Å². The van der Waals surface area contributed by atoms with E-state index in [0.717, 1.165) is 30.5 Å². The van der Waals surface area contributed by atoms with E-state index in [4.69, 9.17) is 0 Å². The molecular formula is C18H17F2NO4S. The Kier molecular flexibility index (Phi) is 4.95. The first-order valence-corrected chi connectivity index (χ1v) is 9.57. The quantitative estimate of drug-likeness (QED) is 0.884. The topological polar surface area (TPSA) is 74.7 Å². The lowest BCUT2D eigenvalue weighted by atomic mass is 10.00. The van der Waals surface area contributed by atoms with Gasteiger partial charge in [0.15, 0.2) is 0 Å². The minimum atomic E-state index is -4.65. The summed E-state index contributed by atoms with van der Waals surface area (Å²) in [6.45, 7) is 0.473. The van der Waals surface area contributed by atoms with Gasteiger partial charge in [-0.05, 0) is 42.2 Å². The minimum Gasteiger partial charge on any atom is -0.506 e. The van der Waals surface area contributed by atoms with Crippen molar-refractivity contribution in [3.05, 3.63) is 53.6 Å². The number of carbonyl (C=O) groups excluding carboxylic acids is 1. The molecule has 26 heavy (non-hydrogen) atoms. The number of aromatic hydroxyl groups is 1. The smallest absolute Gasteiger partial charge is 0.341 e. The highest BCUT2D eigenvalue weighted by Crippen LogP contribution is 2.35. The summed E-state index contributed by atoms with van der Waals surface area (Å²) in [7, 11) is -4.65. The van der Waals surface area contributed by atoms with E-state index in [1.807, 2.05) is 6.07 Å². The Bertz CT molecular complexity index is 927. The van der Waals surface area contributed by atoms with Gasteiger partial charge in [-0.2, -0.15) is 8.78 Å². The second-order valence-corrected chi connectivity index (χ2v) is 7.98. The largest absolute Gasteiger partial charge is 0.506 e. The van der Waals surface area contributed by atoms with Gasteiger partial charge in [0.2, 0.25) is 15.7 Å². The number of benzene rings is 2. The van der Waals surface area contributed by atoms with E-state index >= 15 is 0 Å². The Balaban J connectivity index is 1.80. The van der Waals surface area contributed by atoms with Crippen LogP contribution in [-0.4, -0.2) is 31.7 Å². The highest BCUT2D eigenvalue weighted by atomic mass is 32.2. The van der Waals surface area contributed by atoms with Crippen LogP contribution in [0.5, 0.6) is 5.75 Å². The van der Waals surface area contributed by atoms with Crippen molar-refractivity contribution in [2.75, 3.05) is 11.4 Å². The van der Waals surface area contributed by atoms with E-state index in [-0.39, 0.29) is 18.1 Å². The maximum Gasteiger partial charge on any atom is 0.341 e. The minimum absolute atomic E-state index is 0.0250. The zero-order valence-corrected chi connectivity index (χ0v) is 14.5. The van der Waals surface area contributed by atoms with Gasteiger partial charge >= 0.3 is 5.76 Å². The van der Waals surface area contributed by atoms with E-state index in [0.29, 0.717) is 17.8 Å². The third-order valence-electron chi connectivity index (χ3n) is 4.34. The number of hydrogen-bond acceptors (Lipinski definition) is 4. The van der Waals surface area contributed by atoms with Crippen LogP contribution in [0.2, 0.25) is 0 Å². The van der Waals surface area contributed by atoms with Crippen LogP contribution in [0.4, 0.5) is 14.5 Å². The van der Waals surface area contributed by atoms with Gasteiger partial charge in [-0.3, -0.25) is 4.79 Å². The van der Waals surface area contributed by atoms with Crippen molar-refractivity contribution in [2.45, 2.75) is 29.9 Å². The molecule has 1 amide bonds. The van der Waals surface area contributed by atoms with Crippen molar-refractivity contribution in [3.8, 4) is 5.75 Å². The molecule has 0 saturated carbocycles. The van der Waals surface area contributed by atoms with Crippen LogP contribution < -0.4 is 4.90 Å². The van der Waals surface area contributed by atoms with Crippen molar-refractivity contribution in [2.24, 2.45) is 0 Å². The zero-order chi connectivity index (χ0) is 18.9. The molecule has 3 rings (SSSR count). The van der Waals surface area contributed by atoms with E-state index in [9.17, 15) is 27.1 Å². The Labute approximate surface area is 149 Å². The number of sulfone groups is 1. The van der Waals surface area contributed by atoms with Crippen LogP contribution in [0, 0.1) is 0 Å². The molecule has 0 radical (unpaired) electrons. The second-order valence-electron chi connectivity index (χ2n) is 6.06. The maximum atomic E-state index is 12.6. The second kappa shape index (κ2) is 7.03. The molecule has 5 nitrogen and oxygen atoms in total. The maximum absolute atomic E-state index is 12.6. The van der Waals surface area contributed by atoms with Crippen molar-refractivity contribution in [1.82, 2.24) is 0 Å². The third kappa shape index (κ3) is 3.41. The molecule has 8 heteroatoms. The van der Waals surface area contributed by atoms with Gasteiger partial charge in [0.05, 0.1) is 17.0 Å². The molecule has 1 aliphatic heterocycles. The van der Waals surface area contributed by atoms with Gasteiger partial charge in [0, 0.05) is 6.54 Å². The van der Waals surface area contributed by atoms with Crippen molar-refractivity contribution in [1.29, 1.82) is 0 Å². The lowest BCUT2D eigenvalue weighted by Crippen LogP contribution is -2.36. The number of aryl methyl sites for hydroxylation is 1. The van der Waals surface area contributed by atoms with E-state index in [1.165, 1.54) is 23.1 Å². The number of phenols is 1. The van der Waals surface area contributed by atoms with Gasteiger partial charge < -0.3 is 10.0 Å². The Morgan fingerprint density at radius 2 is 1.85 bits per heavy atom.